The average Bonchev–Trinajstić information content (AvgIpc) is 2.07. The van der Waals surface area contributed by atoms with Gasteiger partial charge in [-0.15, -0.1) is 0 Å². The van der Waals surface area contributed by atoms with E-state index in [1.54, 1.807) is 19.1 Å². The maximum absolute atomic E-state index is 11.6. The molecule has 76 valence electrons. The Morgan fingerprint density at radius 1 is 1.29 bits per heavy atom. The van der Waals surface area contributed by atoms with Gasteiger partial charge in [0.25, 0.3) is 3.79 Å². The second-order valence-corrected chi connectivity index (χ2v) is 5.42. The Bertz CT molecular complexity index is 368. The molecule has 5 heteroatoms. The molecule has 1 aromatic carbocycles. The second-order valence-electron chi connectivity index (χ2n) is 2.76. The minimum atomic E-state index is -1.96. The summed E-state index contributed by atoms with van der Waals surface area (Å²) in [6.45, 7) is 1.78. The van der Waals surface area contributed by atoms with Crippen LogP contribution in [0.3, 0.4) is 0 Å². The summed E-state index contributed by atoms with van der Waals surface area (Å²) in [4.78, 5) is 11.6. The number of alkyl halides is 3. The van der Waals surface area contributed by atoms with Crippen molar-refractivity contribution < 1.29 is 4.79 Å². The second kappa shape index (κ2) is 4.28. The van der Waals surface area contributed by atoms with Crippen LogP contribution in [0.4, 0.5) is 0 Å². The van der Waals surface area contributed by atoms with E-state index in [-0.39, 0.29) is 5.56 Å². The maximum atomic E-state index is 11.6. The molecular weight excluding hydrogens is 266 g/mol. The highest BCUT2D eigenvalue weighted by Gasteiger charge is 2.33. The van der Waals surface area contributed by atoms with Gasteiger partial charge in [-0.05, 0) is 18.6 Å². The van der Waals surface area contributed by atoms with Crippen molar-refractivity contribution in [2.75, 3.05) is 0 Å². The lowest BCUT2D eigenvalue weighted by molar-refractivity contribution is 0.0996. The van der Waals surface area contributed by atoms with Gasteiger partial charge in [-0.3, -0.25) is 4.79 Å². The topological polar surface area (TPSA) is 17.1 Å². The molecule has 0 bridgehead atoms. The van der Waals surface area contributed by atoms with E-state index in [0.29, 0.717) is 5.02 Å². The standard InChI is InChI=1S/C9H6Cl4O/c1-5-3-2-4-6(7(5)10)8(14)9(11,12)13/h2-4H,1H3. The van der Waals surface area contributed by atoms with Gasteiger partial charge in [0, 0.05) is 5.56 Å². The molecule has 0 spiro atoms. The van der Waals surface area contributed by atoms with Crippen molar-refractivity contribution in [2.45, 2.75) is 10.7 Å². The molecule has 0 radical (unpaired) electrons. The van der Waals surface area contributed by atoms with Crippen LogP contribution in [-0.2, 0) is 0 Å². The molecule has 0 amide bonds. The molecule has 0 N–H and O–H groups in total. The monoisotopic (exact) mass is 270 g/mol. The van der Waals surface area contributed by atoms with Crippen molar-refractivity contribution in [1.29, 1.82) is 0 Å². The summed E-state index contributed by atoms with van der Waals surface area (Å²) in [5.41, 5.74) is 0.999. The molecule has 0 atom stereocenters. The minimum Gasteiger partial charge on any atom is -0.289 e. The van der Waals surface area contributed by atoms with Crippen molar-refractivity contribution in [3.63, 3.8) is 0 Å². The summed E-state index contributed by atoms with van der Waals surface area (Å²) in [5, 5.41) is 0.323. The Morgan fingerprint density at radius 2 is 1.86 bits per heavy atom. The van der Waals surface area contributed by atoms with Crippen molar-refractivity contribution in [2.24, 2.45) is 0 Å². The zero-order valence-electron chi connectivity index (χ0n) is 7.15. The van der Waals surface area contributed by atoms with Crippen LogP contribution in [0.15, 0.2) is 18.2 Å². The molecule has 0 aliphatic heterocycles. The number of halogens is 4. The predicted molar refractivity (Wildman–Crippen MR) is 60.8 cm³/mol. The molecule has 14 heavy (non-hydrogen) atoms. The summed E-state index contributed by atoms with van der Waals surface area (Å²) in [6, 6.07) is 4.99. The molecule has 0 saturated heterocycles. The van der Waals surface area contributed by atoms with Gasteiger partial charge < -0.3 is 0 Å². The number of hydrogen-bond acceptors (Lipinski definition) is 1. The fourth-order valence-electron chi connectivity index (χ4n) is 0.975. The molecular formula is C9H6Cl4O. The van der Waals surface area contributed by atoms with Gasteiger partial charge in [0.05, 0.1) is 5.02 Å². The Hall–Kier alpha value is 0.0500. The van der Waals surface area contributed by atoms with E-state index in [2.05, 4.69) is 0 Å². The van der Waals surface area contributed by atoms with E-state index in [1.807, 2.05) is 0 Å². The van der Waals surface area contributed by atoms with Crippen LogP contribution in [-0.4, -0.2) is 9.58 Å². The Labute approximate surface area is 102 Å². The highest BCUT2D eigenvalue weighted by atomic mass is 35.6. The molecule has 0 unspecified atom stereocenters. The van der Waals surface area contributed by atoms with Gasteiger partial charge in [-0.2, -0.15) is 0 Å². The van der Waals surface area contributed by atoms with Crippen LogP contribution >= 0.6 is 46.4 Å². The van der Waals surface area contributed by atoms with Gasteiger partial charge in [0.2, 0.25) is 5.78 Å². The van der Waals surface area contributed by atoms with Crippen LogP contribution in [0, 0.1) is 6.92 Å². The first-order chi connectivity index (χ1) is 6.34. The van der Waals surface area contributed by atoms with Crippen LogP contribution in [0.1, 0.15) is 15.9 Å². The molecule has 1 rings (SSSR count). The normalized spacial score (nSPS) is 11.5. The number of Topliss-reactive ketones (excluding diaryl/α,β-unsaturated/α-hetero) is 1. The summed E-state index contributed by atoms with van der Waals surface area (Å²) in [5.74, 6) is -0.615. The third-order valence-corrected chi connectivity index (χ3v) is 2.71. The van der Waals surface area contributed by atoms with E-state index >= 15 is 0 Å². The fraction of sp³-hybridized carbons (Fsp3) is 0.222. The zero-order valence-corrected chi connectivity index (χ0v) is 10.2. The highest BCUT2D eigenvalue weighted by Crippen LogP contribution is 2.33. The first kappa shape index (κ1) is 12.1. The van der Waals surface area contributed by atoms with Crippen molar-refractivity contribution in [3.8, 4) is 0 Å². The van der Waals surface area contributed by atoms with Crippen molar-refractivity contribution in [3.05, 3.63) is 34.3 Å². The molecule has 0 fully saturated rings. The van der Waals surface area contributed by atoms with Crippen LogP contribution in [0.5, 0.6) is 0 Å². The zero-order chi connectivity index (χ0) is 10.9. The van der Waals surface area contributed by atoms with Gasteiger partial charge >= 0.3 is 0 Å². The van der Waals surface area contributed by atoms with E-state index in [0.717, 1.165) is 5.56 Å². The number of carbonyl (C=O) groups is 1. The molecule has 0 aromatic heterocycles. The Morgan fingerprint density at radius 3 is 2.36 bits per heavy atom. The first-order valence-electron chi connectivity index (χ1n) is 3.70. The summed E-state index contributed by atoms with van der Waals surface area (Å²) in [6.07, 6.45) is 0. The van der Waals surface area contributed by atoms with Crippen LogP contribution in [0.2, 0.25) is 5.02 Å². The lowest BCUT2D eigenvalue weighted by Gasteiger charge is -2.11. The number of aryl methyl sites for hydroxylation is 1. The van der Waals surface area contributed by atoms with Gasteiger partial charge in [0.15, 0.2) is 0 Å². The molecule has 0 heterocycles. The number of rotatable bonds is 1. The van der Waals surface area contributed by atoms with Gasteiger partial charge in [-0.1, -0.05) is 58.5 Å². The minimum absolute atomic E-state index is 0.228. The molecule has 0 saturated carbocycles. The smallest absolute Gasteiger partial charge is 0.253 e. The SMILES string of the molecule is Cc1cccc(C(=O)C(Cl)(Cl)Cl)c1Cl. The number of carbonyl (C=O) groups excluding carboxylic acids is 1. The van der Waals surface area contributed by atoms with E-state index in [1.165, 1.54) is 6.07 Å². The summed E-state index contributed by atoms with van der Waals surface area (Å²) >= 11 is 22.3. The number of ketones is 1. The van der Waals surface area contributed by atoms with Gasteiger partial charge in [0.1, 0.15) is 0 Å². The van der Waals surface area contributed by atoms with Gasteiger partial charge in [-0.25, -0.2) is 0 Å². The lowest BCUT2D eigenvalue weighted by Crippen LogP contribution is -2.19. The van der Waals surface area contributed by atoms with Crippen LogP contribution < -0.4 is 0 Å². The van der Waals surface area contributed by atoms with Crippen molar-refractivity contribution >= 4 is 52.2 Å². The van der Waals surface area contributed by atoms with E-state index in [4.69, 9.17) is 46.4 Å². The number of benzene rings is 1. The lowest BCUT2D eigenvalue weighted by atomic mass is 10.1. The first-order valence-corrected chi connectivity index (χ1v) is 5.22. The largest absolute Gasteiger partial charge is 0.289 e. The van der Waals surface area contributed by atoms with Crippen molar-refractivity contribution in [1.82, 2.24) is 0 Å². The van der Waals surface area contributed by atoms with E-state index < -0.39 is 9.58 Å². The third kappa shape index (κ3) is 2.54. The predicted octanol–water partition coefficient (Wildman–Crippen LogP) is 4.20. The summed E-state index contributed by atoms with van der Waals surface area (Å²) < 4.78 is -1.96. The summed E-state index contributed by atoms with van der Waals surface area (Å²) in [7, 11) is 0. The quantitative estimate of drug-likeness (QED) is 0.553. The van der Waals surface area contributed by atoms with E-state index in [9.17, 15) is 4.79 Å². The molecule has 0 aliphatic carbocycles. The fourth-order valence-corrected chi connectivity index (χ4v) is 1.49. The molecule has 1 aromatic rings. The van der Waals surface area contributed by atoms with Crippen LogP contribution in [0.25, 0.3) is 0 Å². The number of hydrogen-bond donors (Lipinski definition) is 0. The maximum Gasteiger partial charge on any atom is 0.253 e. The average molecular weight is 272 g/mol. The Balaban J connectivity index is 3.21. The third-order valence-electron chi connectivity index (χ3n) is 1.69. The highest BCUT2D eigenvalue weighted by molar-refractivity contribution is 6.77. The molecule has 0 aliphatic rings. The molecule has 1 nitrogen and oxygen atoms in total. The Kier molecular flexibility index (Phi) is 3.70.